The van der Waals surface area contributed by atoms with Gasteiger partial charge >= 0.3 is 0 Å². The highest BCUT2D eigenvalue weighted by atomic mass is 16.3. The lowest BCUT2D eigenvalue weighted by molar-refractivity contribution is -0.120. The molecule has 0 atom stereocenters. The molecule has 1 aromatic carbocycles. The molecule has 28 heavy (non-hydrogen) atoms. The second kappa shape index (κ2) is 9.59. The van der Waals surface area contributed by atoms with Crippen LogP contribution in [0.2, 0.25) is 0 Å². The summed E-state index contributed by atoms with van der Waals surface area (Å²) in [7, 11) is 1.68. The molecule has 3 aromatic rings. The van der Waals surface area contributed by atoms with Crippen molar-refractivity contribution in [3.63, 3.8) is 0 Å². The Morgan fingerprint density at radius 2 is 2.04 bits per heavy atom. The van der Waals surface area contributed by atoms with Crippen LogP contribution in [0.1, 0.15) is 18.0 Å². The standard InChI is InChI=1S/C20H26N6O2/c1-15-25-17-8-3-4-9-18(17)26(15)11-6-10-22-20(21-2)24-14-19(27)23-13-16-7-5-12-28-16/h3-5,7-9,12H,6,10-11,13-14H2,1-2H3,(H,23,27)(H2,21,22,24). The highest BCUT2D eigenvalue weighted by Gasteiger charge is 2.07. The number of carbonyl (C=O) groups is 1. The number of furan rings is 1. The number of aryl methyl sites for hydroxylation is 2. The Labute approximate surface area is 164 Å². The number of aliphatic imine (C=N–C) groups is 1. The van der Waals surface area contributed by atoms with Crippen LogP contribution in [0.5, 0.6) is 0 Å². The van der Waals surface area contributed by atoms with Gasteiger partial charge in [0.2, 0.25) is 5.91 Å². The molecule has 0 spiro atoms. The Balaban J connectivity index is 1.38. The minimum Gasteiger partial charge on any atom is -0.467 e. The number of imidazole rings is 1. The number of fused-ring (bicyclic) bond motifs is 1. The summed E-state index contributed by atoms with van der Waals surface area (Å²) in [5, 5.41) is 9.03. The third kappa shape index (κ3) is 5.12. The van der Waals surface area contributed by atoms with Crippen LogP contribution >= 0.6 is 0 Å². The quantitative estimate of drug-likeness (QED) is 0.314. The van der Waals surface area contributed by atoms with Gasteiger partial charge in [0.05, 0.1) is 30.4 Å². The molecule has 0 bridgehead atoms. The van der Waals surface area contributed by atoms with E-state index in [-0.39, 0.29) is 12.5 Å². The van der Waals surface area contributed by atoms with E-state index in [1.807, 2.05) is 31.2 Å². The fourth-order valence-electron chi connectivity index (χ4n) is 2.97. The van der Waals surface area contributed by atoms with Crippen molar-refractivity contribution < 1.29 is 9.21 Å². The maximum Gasteiger partial charge on any atom is 0.239 e. The zero-order valence-electron chi connectivity index (χ0n) is 16.2. The van der Waals surface area contributed by atoms with E-state index >= 15 is 0 Å². The summed E-state index contributed by atoms with van der Waals surface area (Å²) in [6, 6.07) is 11.8. The molecule has 8 nitrogen and oxygen atoms in total. The summed E-state index contributed by atoms with van der Waals surface area (Å²) in [5.41, 5.74) is 2.17. The molecule has 2 aromatic heterocycles. The number of para-hydroxylation sites is 2. The topological polar surface area (TPSA) is 96.5 Å². The fraction of sp³-hybridized carbons (Fsp3) is 0.350. The van der Waals surface area contributed by atoms with Crippen molar-refractivity contribution in [3.05, 3.63) is 54.2 Å². The first-order valence-electron chi connectivity index (χ1n) is 9.33. The van der Waals surface area contributed by atoms with Crippen molar-refractivity contribution in [2.24, 2.45) is 4.99 Å². The number of hydrogen-bond acceptors (Lipinski definition) is 4. The van der Waals surface area contributed by atoms with Gasteiger partial charge in [-0.3, -0.25) is 9.79 Å². The van der Waals surface area contributed by atoms with E-state index in [4.69, 9.17) is 4.42 Å². The monoisotopic (exact) mass is 382 g/mol. The summed E-state index contributed by atoms with van der Waals surface area (Å²) in [5.74, 6) is 2.20. The van der Waals surface area contributed by atoms with Gasteiger partial charge in [-0.05, 0) is 37.6 Å². The molecule has 1 amide bonds. The maximum absolute atomic E-state index is 11.9. The third-order valence-electron chi connectivity index (χ3n) is 4.38. The molecule has 148 valence electrons. The largest absolute Gasteiger partial charge is 0.467 e. The number of rotatable bonds is 8. The minimum atomic E-state index is -0.125. The van der Waals surface area contributed by atoms with Crippen molar-refractivity contribution >= 4 is 22.9 Å². The van der Waals surface area contributed by atoms with Gasteiger partial charge in [0.25, 0.3) is 0 Å². The number of guanidine groups is 1. The van der Waals surface area contributed by atoms with Gasteiger partial charge in [0.1, 0.15) is 11.6 Å². The van der Waals surface area contributed by atoms with Crippen LogP contribution in [0, 0.1) is 6.92 Å². The average molecular weight is 382 g/mol. The normalized spacial score (nSPS) is 11.6. The minimum absolute atomic E-state index is 0.125. The summed E-state index contributed by atoms with van der Waals surface area (Å²) >= 11 is 0. The van der Waals surface area contributed by atoms with E-state index in [0.29, 0.717) is 12.5 Å². The van der Waals surface area contributed by atoms with E-state index in [9.17, 15) is 4.79 Å². The molecule has 3 rings (SSSR count). The van der Waals surface area contributed by atoms with Gasteiger partial charge in [-0.25, -0.2) is 4.98 Å². The van der Waals surface area contributed by atoms with Crippen LogP contribution in [0.25, 0.3) is 11.0 Å². The van der Waals surface area contributed by atoms with Crippen molar-refractivity contribution in [1.29, 1.82) is 0 Å². The van der Waals surface area contributed by atoms with Crippen molar-refractivity contribution in [3.8, 4) is 0 Å². The Morgan fingerprint density at radius 3 is 2.82 bits per heavy atom. The molecule has 0 aliphatic heterocycles. The van der Waals surface area contributed by atoms with Crippen LogP contribution in [-0.4, -0.2) is 41.6 Å². The second-order valence-electron chi connectivity index (χ2n) is 6.36. The van der Waals surface area contributed by atoms with Crippen LogP contribution in [0.15, 0.2) is 52.1 Å². The smallest absolute Gasteiger partial charge is 0.239 e. The molecule has 2 heterocycles. The number of nitrogens with zero attached hydrogens (tertiary/aromatic N) is 3. The zero-order chi connectivity index (χ0) is 19.8. The third-order valence-corrected chi connectivity index (χ3v) is 4.38. The lowest BCUT2D eigenvalue weighted by Gasteiger charge is -2.12. The van der Waals surface area contributed by atoms with Gasteiger partial charge in [0.15, 0.2) is 5.96 Å². The van der Waals surface area contributed by atoms with E-state index in [0.717, 1.165) is 42.1 Å². The number of aromatic nitrogens is 2. The number of benzene rings is 1. The van der Waals surface area contributed by atoms with Gasteiger partial charge in [-0.1, -0.05) is 12.1 Å². The van der Waals surface area contributed by atoms with E-state index < -0.39 is 0 Å². The lowest BCUT2D eigenvalue weighted by atomic mass is 10.3. The number of hydrogen-bond donors (Lipinski definition) is 3. The first kappa shape index (κ1) is 19.5. The van der Waals surface area contributed by atoms with Crippen molar-refractivity contribution in [1.82, 2.24) is 25.5 Å². The summed E-state index contributed by atoms with van der Waals surface area (Å²) in [4.78, 5) is 20.6. The molecular weight excluding hydrogens is 356 g/mol. The van der Waals surface area contributed by atoms with Gasteiger partial charge in [-0.15, -0.1) is 0 Å². The molecular formula is C20H26N6O2. The lowest BCUT2D eigenvalue weighted by Crippen LogP contribution is -2.43. The molecule has 0 saturated carbocycles. The zero-order valence-corrected chi connectivity index (χ0v) is 16.2. The fourth-order valence-corrected chi connectivity index (χ4v) is 2.97. The highest BCUT2D eigenvalue weighted by molar-refractivity contribution is 5.86. The Kier molecular flexibility index (Phi) is 6.67. The molecule has 0 radical (unpaired) electrons. The SMILES string of the molecule is CN=C(NCCCn1c(C)nc2ccccc21)NCC(=O)NCc1ccco1. The van der Waals surface area contributed by atoms with Crippen LogP contribution in [0.3, 0.4) is 0 Å². The summed E-state index contributed by atoms with van der Waals surface area (Å²) < 4.78 is 7.40. The summed E-state index contributed by atoms with van der Waals surface area (Å²) in [6.45, 7) is 4.14. The second-order valence-corrected chi connectivity index (χ2v) is 6.36. The maximum atomic E-state index is 11.9. The Morgan fingerprint density at radius 1 is 1.18 bits per heavy atom. The molecule has 3 N–H and O–H groups in total. The molecule has 8 heteroatoms. The first-order valence-corrected chi connectivity index (χ1v) is 9.33. The van der Waals surface area contributed by atoms with Crippen molar-refractivity contribution in [2.75, 3.05) is 20.1 Å². The number of amides is 1. The predicted molar refractivity (Wildman–Crippen MR) is 109 cm³/mol. The Hall–Kier alpha value is -3.29. The van der Waals surface area contributed by atoms with E-state index in [1.165, 1.54) is 0 Å². The summed E-state index contributed by atoms with van der Waals surface area (Å²) in [6.07, 6.45) is 2.49. The molecule has 0 unspecified atom stereocenters. The molecule has 0 aliphatic rings. The van der Waals surface area contributed by atoms with Crippen molar-refractivity contribution in [2.45, 2.75) is 26.4 Å². The van der Waals surface area contributed by atoms with Crippen LogP contribution in [0.4, 0.5) is 0 Å². The van der Waals surface area contributed by atoms with Gasteiger partial charge in [-0.2, -0.15) is 0 Å². The predicted octanol–water partition coefficient (Wildman–Crippen LogP) is 1.81. The van der Waals surface area contributed by atoms with Gasteiger partial charge < -0.3 is 24.9 Å². The van der Waals surface area contributed by atoms with Gasteiger partial charge in [0, 0.05) is 20.1 Å². The van der Waals surface area contributed by atoms with Crippen LogP contribution < -0.4 is 16.0 Å². The van der Waals surface area contributed by atoms with E-state index in [2.05, 4.69) is 36.6 Å². The van der Waals surface area contributed by atoms with E-state index in [1.54, 1.807) is 19.4 Å². The number of nitrogens with one attached hydrogen (secondary N) is 3. The average Bonchev–Trinajstić information content (AvgIpc) is 3.33. The highest BCUT2D eigenvalue weighted by Crippen LogP contribution is 2.15. The molecule has 0 saturated heterocycles. The van der Waals surface area contributed by atoms with Crippen LogP contribution in [-0.2, 0) is 17.9 Å². The Bertz CT molecular complexity index is 929. The molecule has 0 aliphatic carbocycles. The molecule has 0 fully saturated rings. The number of carbonyl (C=O) groups excluding carboxylic acids is 1. The first-order chi connectivity index (χ1) is 13.7.